The van der Waals surface area contributed by atoms with Gasteiger partial charge < -0.3 is 9.47 Å². The number of rotatable bonds is 0. The third-order valence-corrected chi connectivity index (χ3v) is 3.19. The highest BCUT2D eigenvalue weighted by Gasteiger charge is 2.30. The highest BCUT2D eigenvalue weighted by Crippen LogP contribution is 2.42. The molecule has 0 saturated heterocycles. The van der Waals surface area contributed by atoms with Crippen molar-refractivity contribution in [2.45, 2.75) is 6.61 Å². The SMILES string of the molecule is Fc1c(F)c(F)c2c(c1F)COc1cscc1O2. The van der Waals surface area contributed by atoms with Gasteiger partial charge >= 0.3 is 0 Å². The maximum Gasteiger partial charge on any atom is 0.204 e. The summed E-state index contributed by atoms with van der Waals surface area (Å²) in [5, 5.41) is 3.05. The molecule has 0 bridgehead atoms. The maximum atomic E-state index is 13.5. The lowest BCUT2D eigenvalue weighted by atomic mass is 10.1. The Morgan fingerprint density at radius 1 is 0.889 bits per heavy atom. The van der Waals surface area contributed by atoms with Crippen LogP contribution in [0.5, 0.6) is 17.2 Å². The van der Waals surface area contributed by atoms with Gasteiger partial charge in [-0.05, 0) is 0 Å². The van der Waals surface area contributed by atoms with Crippen molar-refractivity contribution in [2.75, 3.05) is 0 Å². The molecule has 18 heavy (non-hydrogen) atoms. The van der Waals surface area contributed by atoms with E-state index < -0.39 is 41.2 Å². The van der Waals surface area contributed by atoms with E-state index in [1.165, 1.54) is 16.7 Å². The van der Waals surface area contributed by atoms with Gasteiger partial charge in [-0.3, -0.25) is 0 Å². The second-order valence-electron chi connectivity index (χ2n) is 3.55. The minimum atomic E-state index is -1.90. The van der Waals surface area contributed by atoms with Crippen LogP contribution in [-0.2, 0) is 6.61 Å². The predicted octanol–water partition coefficient (Wildman–Crippen LogP) is 3.99. The molecule has 1 aromatic carbocycles. The van der Waals surface area contributed by atoms with Crippen molar-refractivity contribution < 1.29 is 27.0 Å². The van der Waals surface area contributed by atoms with Crippen LogP contribution in [0.15, 0.2) is 10.8 Å². The Bertz CT molecular complexity index is 638. The zero-order valence-electron chi connectivity index (χ0n) is 8.60. The quantitative estimate of drug-likeness (QED) is 0.411. The topological polar surface area (TPSA) is 18.5 Å². The van der Waals surface area contributed by atoms with Crippen LogP contribution in [0.3, 0.4) is 0 Å². The van der Waals surface area contributed by atoms with Crippen molar-refractivity contribution in [1.82, 2.24) is 0 Å². The first-order chi connectivity index (χ1) is 8.59. The Morgan fingerprint density at radius 2 is 1.56 bits per heavy atom. The molecule has 2 aromatic rings. The zero-order chi connectivity index (χ0) is 12.9. The third kappa shape index (κ3) is 1.47. The molecular formula is C11H4F4O2S. The molecule has 0 aliphatic carbocycles. The smallest absolute Gasteiger partial charge is 0.204 e. The van der Waals surface area contributed by atoms with E-state index in [2.05, 4.69) is 0 Å². The van der Waals surface area contributed by atoms with Gasteiger partial charge in [0.2, 0.25) is 11.6 Å². The average Bonchev–Trinajstić information content (AvgIpc) is 2.73. The lowest BCUT2D eigenvalue weighted by Crippen LogP contribution is -2.06. The van der Waals surface area contributed by atoms with Crippen LogP contribution in [0.4, 0.5) is 17.6 Å². The van der Waals surface area contributed by atoms with Gasteiger partial charge in [0.1, 0.15) is 6.61 Å². The van der Waals surface area contributed by atoms with E-state index in [1.807, 2.05) is 0 Å². The highest BCUT2D eigenvalue weighted by atomic mass is 32.1. The molecule has 0 radical (unpaired) electrons. The molecule has 2 nitrogen and oxygen atoms in total. The van der Waals surface area contributed by atoms with Gasteiger partial charge in [-0.1, -0.05) is 0 Å². The summed E-state index contributed by atoms with van der Waals surface area (Å²) in [6, 6.07) is 0. The summed E-state index contributed by atoms with van der Waals surface area (Å²) in [6.07, 6.45) is 0. The van der Waals surface area contributed by atoms with Gasteiger partial charge in [0.05, 0.1) is 5.56 Å². The van der Waals surface area contributed by atoms with E-state index in [0.717, 1.165) is 0 Å². The molecule has 7 heteroatoms. The summed E-state index contributed by atoms with van der Waals surface area (Å²) in [7, 11) is 0. The average molecular weight is 276 g/mol. The van der Waals surface area contributed by atoms with Gasteiger partial charge in [-0.2, -0.15) is 4.39 Å². The summed E-state index contributed by atoms with van der Waals surface area (Å²) in [6.45, 7) is -0.432. The molecule has 0 saturated carbocycles. The van der Waals surface area contributed by atoms with Gasteiger partial charge in [0.15, 0.2) is 28.9 Å². The van der Waals surface area contributed by atoms with Crippen molar-refractivity contribution in [3.63, 3.8) is 0 Å². The number of thiophene rings is 1. The van der Waals surface area contributed by atoms with Crippen LogP contribution in [-0.4, -0.2) is 0 Å². The molecule has 94 valence electrons. The normalized spacial score (nSPS) is 13.1. The van der Waals surface area contributed by atoms with Gasteiger partial charge in [-0.25, -0.2) is 13.2 Å². The van der Waals surface area contributed by atoms with Crippen LogP contribution in [0.25, 0.3) is 0 Å². The van der Waals surface area contributed by atoms with E-state index in [9.17, 15) is 17.6 Å². The zero-order valence-corrected chi connectivity index (χ0v) is 9.41. The van der Waals surface area contributed by atoms with E-state index in [0.29, 0.717) is 0 Å². The summed E-state index contributed by atoms with van der Waals surface area (Å²) >= 11 is 1.22. The summed E-state index contributed by atoms with van der Waals surface area (Å²) in [5.74, 6) is -7.10. The predicted molar refractivity (Wildman–Crippen MR) is 55.0 cm³/mol. The number of hydrogen-bond donors (Lipinski definition) is 0. The fourth-order valence-corrected chi connectivity index (χ4v) is 2.27. The molecule has 1 aromatic heterocycles. The molecule has 0 unspecified atom stereocenters. The van der Waals surface area contributed by atoms with Gasteiger partial charge in [-0.15, -0.1) is 11.3 Å². The fourth-order valence-electron chi connectivity index (χ4n) is 1.61. The van der Waals surface area contributed by atoms with Gasteiger partial charge in [0.25, 0.3) is 0 Å². The number of ether oxygens (including phenoxy) is 2. The molecule has 0 atom stereocenters. The van der Waals surface area contributed by atoms with Crippen molar-refractivity contribution >= 4 is 11.3 Å². The monoisotopic (exact) mass is 276 g/mol. The van der Waals surface area contributed by atoms with Crippen molar-refractivity contribution in [3.8, 4) is 17.2 Å². The molecule has 3 rings (SSSR count). The van der Waals surface area contributed by atoms with E-state index in [-0.39, 0.29) is 11.5 Å². The first-order valence-electron chi connectivity index (χ1n) is 4.81. The summed E-state index contributed by atoms with van der Waals surface area (Å²) in [5.41, 5.74) is -0.479. The molecule has 2 heterocycles. The Balaban J connectivity index is 2.24. The van der Waals surface area contributed by atoms with Gasteiger partial charge in [0, 0.05) is 10.8 Å². The number of hydrogen-bond acceptors (Lipinski definition) is 3. The molecule has 1 aliphatic heterocycles. The first-order valence-corrected chi connectivity index (χ1v) is 5.75. The molecular weight excluding hydrogens is 272 g/mol. The molecule has 1 aliphatic rings. The molecule has 0 N–H and O–H groups in total. The summed E-state index contributed by atoms with van der Waals surface area (Å²) in [4.78, 5) is 0. The minimum absolute atomic E-state index is 0.142. The van der Waals surface area contributed by atoms with Crippen LogP contribution >= 0.6 is 11.3 Å². The van der Waals surface area contributed by atoms with Crippen molar-refractivity contribution in [3.05, 3.63) is 39.6 Å². The Labute approximate surface area is 102 Å². The standard InChI is InChI=1S/C11H4F4O2S/c12-7-4-1-16-5-2-18-3-6(5)17-11(4)10(15)9(14)8(7)13/h2-3H,1H2. The lowest BCUT2D eigenvalue weighted by Gasteiger charge is -2.09. The van der Waals surface area contributed by atoms with Crippen molar-refractivity contribution in [2.24, 2.45) is 0 Å². The minimum Gasteiger partial charge on any atom is -0.484 e. The first kappa shape index (κ1) is 11.3. The van der Waals surface area contributed by atoms with Crippen LogP contribution < -0.4 is 9.47 Å². The molecule has 0 amide bonds. The van der Waals surface area contributed by atoms with Crippen LogP contribution in [0, 0.1) is 23.3 Å². The van der Waals surface area contributed by atoms with E-state index >= 15 is 0 Å². The highest BCUT2D eigenvalue weighted by molar-refractivity contribution is 7.08. The Morgan fingerprint density at radius 3 is 2.33 bits per heavy atom. The van der Waals surface area contributed by atoms with E-state index in [1.54, 1.807) is 5.38 Å². The van der Waals surface area contributed by atoms with Crippen molar-refractivity contribution in [1.29, 1.82) is 0 Å². The molecule has 0 spiro atoms. The fraction of sp³-hybridized carbons (Fsp3) is 0.0909. The second kappa shape index (κ2) is 3.88. The Kier molecular flexibility index (Phi) is 2.44. The number of halogens is 4. The third-order valence-electron chi connectivity index (χ3n) is 2.49. The van der Waals surface area contributed by atoms with Crippen LogP contribution in [0.2, 0.25) is 0 Å². The lowest BCUT2D eigenvalue weighted by molar-refractivity contribution is 0.298. The molecule has 0 fully saturated rings. The maximum absolute atomic E-state index is 13.5. The Hall–Kier alpha value is -1.76. The van der Waals surface area contributed by atoms with Crippen LogP contribution in [0.1, 0.15) is 5.56 Å². The largest absolute Gasteiger partial charge is 0.484 e. The number of fused-ring (bicyclic) bond motifs is 2. The van der Waals surface area contributed by atoms with E-state index in [4.69, 9.17) is 9.47 Å². The number of benzene rings is 1. The second-order valence-corrected chi connectivity index (χ2v) is 4.30. The summed E-state index contributed by atoms with van der Waals surface area (Å²) < 4.78 is 63.4.